The summed E-state index contributed by atoms with van der Waals surface area (Å²) in [4.78, 5) is 93.5. The second kappa shape index (κ2) is 22.4. The minimum absolute atomic E-state index is 0.121. The molecule has 370 valence electrons. The van der Waals surface area contributed by atoms with Crippen LogP contribution in [0.5, 0.6) is 5.75 Å². The van der Waals surface area contributed by atoms with E-state index in [1.165, 1.54) is 24.3 Å². The fourth-order valence-electron chi connectivity index (χ4n) is 8.06. The lowest BCUT2D eigenvalue weighted by Crippen LogP contribution is -2.70. The lowest BCUT2D eigenvalue weighted by molar-refractivity contribution is -0.260. The topological polar surface area (TPSA) is 438 Å². The normalized spacial score (nSPS) is 32.1. The lowest BCUT2D eigenvalue weighted by Gasteiger charge is -2.46. The summed E-state index contributed by atoms with van der Waals surface area (Å²) in [6.45, 7) is -3.49. The number of aliphatic hydroxyl groups excluding tert-OH is 7. The van der Waals surface area contributed by atoms with Crippen LogP contribution < -0.4 is 48.7 Å². The summed E-state index contributed by atoms with van der Waals surface area (Å²) in [5.41, 5.74) is 12.9. The first kappa shape index (κ1) is 50.7. The summed E-state index contributed by atoms with van der Waals surface area (Å²) in [6, 6.07) is 2.04. The van der Waals surface area contributed by atoms with E-state index in [1.807, 2.05) is 0 Å². The van der Waals surface area contributed by atoms with Crippen molar-refractivity contribution in [2.24, 2.45) is 21.5 Å². The third-order valence-electron chi connectivity index (χ3n) is 11.8. The summed E-state index contributed by atoms with van der Waals surface area (Å²) in [5.74, 6) is -7.49. The third kappa shape index (κ3) is 11.9. The SMILES string of the molecule is NC1=NCC(C(O)[C@@H]2NC(=O)[C@@H](Cc3ccc(O)cc3)NC(=O)[C@H](Cc3ccccc3)NC(=O)CNC(=O)[C@H](CO)NC(=O)[C@@H](C(O)C3CN=C(N)N3[C@H]3O[C@H](CO)[C@@H](O)[C@H](O)[C@@H]3O)NC2=O)N1. The minimum atomic E-state index is -2.25. The van der Waals surface area contributed by atoms with E-state index in [0.29, 0.717) is 11.1 Å². The Hall–Kier alpha value is -6.72. The van der Waals surface area contributed by atoms with E-state index in [2.05, 4.69) is 47.2 Å². The van der Waals surface area contributed by atoms with Crippen LogP contribution in [0.1, 0.15) is 11.1 Å². The first-order valence-electron chi connectivity index (χ1n) is 21.4. The molecule has 27 nitrogen and oxygen atoms in total. The molecule has 0 radical (unpaired) electrons. The number of phenolic OH excluding ortho intramolecular Hbond substituents is 1. The van der Waals surface area contributed by atoms with Gasteiger partial charge < -0.3 is 99.2 Å². The van der Waals surface area contributed by atoms with Crippen molar-refractivity contribution in [2.45, 2.75) is 98.0 Å². The lowest BCUT2D eigenvalue weighted by atomic mass is 9.95. The maximum absolute atomic E-state index is 14.7. The van der Waals surface area contributed by atoms with Crippen molar-refractivity contribution in [3.8, 4) is 5.75 Å². The van der Waals surface area contributed by atoms with Gasteiger partial charge in [-0.25, -0.2) is 0 Å². The molecule has 6 rings (SSSR count). The van der Waals surface area contributed by atoms with Crippen molar-refractivity contribution in [3.63, 3.8) is 0 Å². The number of nitrogens with two attached hydrogens (primary N) is 2. The van der Waals surface area contributed by atoms with Crippen LogP contribution >= 0.6 is 0 Å². The van der Waals surface area contributed by atoms with Gasteiger partial charge in [0.1, 0.15) is 72.6 Å². The molecule has 2 fully saturated rings. The number of carbonyl (C=O) groups excluding carboxylic acids is 6. The summed E-state index contributed by atoms with van der Waals surface area (Å²) >= 11 is 0. The minimum Gasteiger partial charge on any atom is -0.508 e. The second-order valence-electron chi connectivity index (χ2n) is 16.5. The van der Waals surface area contributed by atoms with Gasteiger partial charge in [0.2, 0.25) is 35.4 Å². The highest BCUT2D eigenvalue weighted by molar-refractivity contribution is 5.98. The van der Waals surface area contributed by atoms with Gasteiger partial charge >= 0.3 is 0 Å². The molecule has 2 saturated heterocycles. The van der Waals surface area contributed by atoms with E-state index >= 15 is 0 Å². The van der Waals surface area contributed by atoms with E-state index in [0.717, 1.165) is 4.90 Å². The van der Waals surface area contributed by atoms with Crippen LogP contribution in [0.2, 0.25) is 0 Å². The zero-order chi connectivity index (χ0) is 49.4. The number of hydrogen-bond donors (Lipinski definition) is 17. The fraction of sp³-hybridized carbons (Fsp3) is 0.512. The Labute approximate surface area is 387 Å². The van der Waals surface area contributed by atoms with Crippen LogP contribution in [-0.4, -0.2) is 211 Å². The quantitative estimate of drug-likeness (QED) is 0.0994. The van der Waals surface area contributed by atoms with Crippen molar-refractivity contribution in [2.75, 3.05) is 32.8 Å². The molecule has 0 spiro atoms. The number of benzene rings is 2. The van der Waals surface area contributed by atoms with Crippen LogP contribution in [0.4, 0.5) is 0 Å². The first-order chi connectivity index (χ1) is 32.4. The third-order valence-corrected chi connectivity index (χ3v) is 11.8. The molecular weight excluding hydrogens is 901 g/mol. The van der Waals surface area contributed by atoms with E-state index < -0.39 is 153 Å². The van der Waals surface area contributed by atoms with Crippen LogP contribution in [-0.2, 0) is 46.3 Å². The molecular formula is C41H56N12O15. The molecule has 6 amide bonds. The molecule has 0 aromatic heterocycles. The number of phenols is 1. The van der Waals surface area contributed by atoms with Gasteiger partial charge in [0.05, 0.1) is 44.9 Å². The fourth-order valence-corrected chi connectivity index (χ4v) is 8.06. The van der Waals surface area contributed by atoms with Gasteiger partial charge in [-0.05, 0) is 23.3 Å². The molecule has 4 aliphatic rings. The Morgan fingerprint density at radius 2 is 1.24 bits per heavy atom. The molecule has 19 N–H and O–H groups in total. The van der Waals surface area contributed by atoms with Crippen molar-refractivity contribution < 1.29 is 74.4 Å². The number of rotatable bonds is 11. The zero-order valence-corrected chi connectivity index (χ0v) is 36.2. The Kier molecular flexibility index (Phi) is 16.7. The molecule has 2 aromatic carbocycles. The molecule has 27 heteroatoms. The van der Waals surface area contributed by atoms with Crippen molar-refractivity contribution in [3.05, 3.63) is 65.7 Å². The first-order valence-corrected chi connectivity index (χ1v) is 21.4. The molecule has 14 atom stereocenters. The number of nitrogens with one attached hydrogen (secondary N) is 7. The summed E-state index contributed by atoms with van der Waals surface area (Å²) in [7, 11) is 0. The Bertz CT molecular complexity index is 2200. The Morgan fingerprint density at radius 3 is 1.87 bits per heavy atom. The highest BCUT2D eigenvalue weighted by Gasteiger charge is 2.52. The van der Waals surface area contributed by atoms with E-state index in [4.69, 9.17) is 16.2 Å². The van der Waals surface area contributed by atoms with Crippen LogP contribution in [0.15, 0.2) is 64.6 Å². The Morgan fingerprint density at radius 1 is 0.647 bits per heavy atom. The predicted molar refractivity (Wildman–Crippen MR) is 233 cm³/mol. The number of carbonyl (C=O) groups is 6. The smallest absolute Gasteiger partial charge is 0.246 e. The monoisotopic (exact) mass is 956 g/mol. The highest BCUT2D eigenvalue weighted by atomic mass is 16.6. The van der Waals surface area contributed by atoms with Gasteiger partial charge in [-0.15, -0.1) is 0 Å². The second-order valence-corrected chi connectivity index (χ2v) is 16.5. The maximum Gasteiger partial charge on any atom is 0.246 e. The van der Waals surface area contributed by atoms with Crippen LogP contribution in [0.3, 0.4) is 0 Å². The molecule has 0 bridgehead atoms. The van der Waals surface area contributed by atoms with E-state index in [-0.39, 0.29) is 31.1 Å². The van der Waals surface area contributed by atoms with Gasteiger partial charge in [-0.3, -0.25) is 38.8 Å². The number of nitrogens with zero attached hydrogens (tertiary/aromatic N) is 3. The molecule has 4 unspecified atom stereocenters. The number of amides is 6. The summed E-state index contributed by atoms with van der Waals surface area (Å²) < 4.78 is 5.65. The molecule has 2 aromatic rings. The number of aliphatic hydroxyl groups is 7. The largest absolute Gasteiger partial charge is 0.508 e. The van der Waals surface area contributed by atoms with Crippen molar-refractivity contribution in [1.29, 1.82) is 0 Å². The number of aromatic hydroxyl groups is 1. The molecule has 4 heterocycles. The van der Waals surface area contributed by atoms with Gasteiger partial charge in [-0.2, -0.15) is 0 Å². The average Bonchev–Trinajstić information content (AvgIpc) is 3.94. The molecule has 4 aliphatic heterocycles. The molecule has 0 aliphatic carbocycles. The number of ether oxygens (including phenoxy) is 1. The number of hydrogen-bond acceptors (Lipinski definition) is 21. The van der Waals surface area contributed by atoms with Crippen molar-refractivity contribution in [1.82, 2.24) is 42.1 Å². The van der Waals surface area contributed by atoms with Crippen molar-refractivity contribution >= 4 is 47.4 Å². The van der Waals surface area contributed by atoms with Crippen LogP contribution in [0.25, 0.3) is 0 Å². The predicted octanol–water partition coefficient (Wildman–Crippen LogP) is -9.47. The maximum atomic E-state index is 14.7. The van der Waals surface area contributed by atoms with Crippen LogP contribution in [0, 0.1) is 0 Å². The van der Waals surface area contributed by atoms with Gasteiger partial charge in [0.25, 0.3) is 0 Å². The Balaban J connectivity index is 1.40. The van der Waals surface area contributed by atoms with Gasteiger partial charge in [0.15, 0.2) is 18.1 Å². The standard InChI is InChI=1S/C41H56N12O15/c42-40-45-12-22(50-40)29(58)27-38(67)52-28(30(59)24-13-46-41(43)53(24)39-33(62)32(61)31(60)25(16-55)68-39)37(66)49-23(15-54)34(63)44-14-26(57)47-20(10-17-4-2-1-3-5-17)35(64)48-21(36(65)51-27)11-18-6-8-19(56)9-7-18/h1-9,20-25,27-33,39,54-56,58-62H,10-16H2,(H2,43,46)(H,44,63)(H,47,57)(H,48,64)(H,49,66)(H,51,65)(H,52,67)(H3,42,45,50)/t20-,21+,22?,23-,24?,25+,27-,28+,29?,30?,31+,32-,33-,39-/m0/s1. The van der Waals surface area contributed by atoms with E-state index in [1.54, 1.807) is 30.3 Å². The summed E-state index contributed by atoms with van der Waals surface area (Å²) in [6.07, 6.45) is -13.5. The highest BCUT2D eigenvalue weighted by Crippen LogP contribution is 2.29. The average molecular weight is 957 g/mol. The molecule has 0 saturated carbocycles. The zero-order valence-electron chi connectivity index (χ0n) is 36.2. The summed E-state index contributed by atoms with van der Waals surface area (Å²) in [5, 5.41) is 103. The number of guanidine groups is 2. The number of aliphatic imine (C=N–C) groups is 2. The van der Waals surface area contributed by atoms with E-state index in [9.17, 15) is 69.6 Å². The molecule has 68 heavy (non-hydrogen) atoms. The van der Waals surface area contributed by atoms with Gasteiger partial charge in [0, 0.05) is 12.8 Å². The van der Waals surface area contributed by atoms with Gasteiger partial charge in [-0.1, -0.05) is 42.5 Å².